The molecule has 0 aliphatic rings. The minimum Gasteiger partial charge on any atom is -0.298 e. The van der Waals surface area contributed by atoms with Gasteiger partial charge < -0.3 is 0 Å². The van der Waals surface area contributed by atoms with Crippen LogP contribution in [0.1, 0.15) is 28.8 Å². The Morgan fingerprint density at radius 3 is 2.58 bits per heavy atom. The van der Waals surface area contributed by atoms with Crippen molar-refractivity contribution in [1.82, 2.24) is 0 Å². The summed E-state index contributed by atoms with van der Waals surface area (Å²) < 4.78 is 1.66. The Kier molecular flexibility index (Phi) is 4.58. The van der Waals surface area contributed by atoms with Gasteiger partial charge in [-0.3, -0.25) is 9.21 Å². The Balaban J connectivity index is 2.08. The molecule has 0 amide bonds. The van der Waals surface area contributed by atoms with Crippen LogP contribution in [-0.4, -0.2) is 12.8 Å². The first kappa shape index (κ1) is 13.6. The maximum absolute atomic E-state index is 10.8. The summed E-state index contributed by atoms with van der Waals surface area (Å²) in [6.45, 7) is 2.82. The molecule has 0 spiro atoms. The summed E-state index contributed by atoms with van der Waals surface area (Å²) in [5.74, 6) is 0.318. The summed E-state index contributed by atoms with van der Waals surface area (Å²) >= 11 is 6.30. The molecule has 0 aliphatic heterocycles. The van der Waals surface area contributed by atoms with Crippen molar-refractivity contribution in [3.63, 3.8) is 0 Å². The molecule has 2 nitrogen and oxygen atoms in total. The highest BCUT2D eigenvalue weighted by atomic mass is 35.5. The first-order valence-corrected chi connectivity index (χ1v) is 6.58. The first-order chi connectivity index (χ1) is 9.20. The normalized spacial score (nSPS) is 11.9. The minimum absolute atomic E-state index is 0.318. The van der Waals surface area contributed by atoms with Crippen LogP contribution in [0.5, 0.6) is 0 Å². The average Bonchev–Trinajstić information content (AvgIpc) is 2.48. The summed E-state index contributed by atoms with van der Waals surface area (Å²) in [5.41, 5.74) is 2.73. The van der Waals surface area contributed by atoms with Gasteiger partial charge in [-0.1, -0.05) is 49.4 Å². The molecule has 3 heteroatoms. The lowest BCUT2D eigenvalue weighted by Crippen LogP contribution is -2.17. The fourth-order valence-corrected chi connectivity index (χ4v) is 2.29. The second-order valence-electron chi connectivity index (χ2n) is 4.57. The molecule has 19 heavy (non-hydrogen) atoms. The Bertz CT molecular complexity index is 541. The van der Waals surface area contributed by atoms with Crippen molar-refractivity contribution in [2.45, 2.75) is 12.8 Å². The standard InChI is InChI=1S/C16H16ClNO/c1-13(15-7-3-2-4-8-15)11-18(17)16-9-5-6-14(10-16)12-19/h2-10,12-13H,11H2,1H3. The maximum Gasteiger partial charge on any atom is 0.150 e. The van der Waals surface area contributed by atoms with Gasteiger partial charge in [0.15, 0.2) is 0 Å². The van der Waals surface area contributed by atoms with E-state index in [0.717, 1.165) is 12.0 Å². The number of hydrogen-bond acceptors (Lipinski definition) is 2. The maximum atomic E-state index is 10.8. The topological polar surface area (TPSA) is 20.3 Å². The highest BCUT2D eigenvalue weighted by Crippen LogP contribution is 2.23. The largest absolute Gasteiger partial charge is 0.298 e. The fraction of sp³-hybridized carbons (Fsp3) is 0.188. The third-order valence-electron chi connectivity index (χ3n) is 3.09. The third-order valence-corrected chi connectivity index (χ3v) is 3.42. The van der Waals surface area contributed by atoms with Crippen molar-refractivity contribution in [2.75, 3.05) is 11.0 Å². The van der Waals surface area contributed by atoms with Gasteiger partial charge >= 0.3 is 0 Å². The van der Waals surface area contributed by atoms with Gasteiger partial charge in [0, 0.05) is 29.8 Å². The van der Waals surface area contributed by atoms with E-state index >= 15 is 0 Å². The summed E-state index contributed by atoms with van der Waals surface area (Å²) in [6.07, 6.45) is 0.828. The van der Waals surface area contributed by atoms with Gasteiger partial charge in [-0.2, -0.15) is 0 Å². The molecule has 0 fully saturated rings. The van der Waals surface area contributed by atoms with Crippen LogP contribution in [0.25, 0.3) is 0 Å². The molecule has 0 radical (unpaired) electrons. The van der Waals surface area contributed by atoms with Crippen LogP contribution in [0.2, 0.25) is 0 Å². The number of carbonyl (C=O) groups excluding carboxylic acids is 1. The molecule has 0 saturated heterocycles. The number of rotatable bonds is 5. The zero-order valence-corrected chi connectivity index (χ0v) is 11.5. The SMILES string of the molecule is CC(CN(Cl)c1cccc(C=O)c1)c1ccccc1. The molecule has 2 aromatic rings. The Labute approximate surface area is 118 Å². The summed E-state index contributed by atoms with van der Waals surface area (Å²) in [6, 6.07) is 17.5. The molecule has 2 aromatic carbocycles. The predicted octanol–water partition coefficient (Wildman–Crippen LogP) is 4.26. The minimum atomic E-state index is 0.318. The van der Waals surface area contributed by atoms with E-state index in [1.54, 1.807) is 16.6 Å². The van der Waals surface area contributed by atoms with Crippen molar-refractivity contribution >= 4 is 23.8 Å². The molecule has 0 aliphatic carbocycles. The molecule has 0 bridgehead atoms. The molecular weight excluding hydrogens is 258 g/mol. The van der Waals surface area contributed by atoms with E-state index in [2.05, 4.69) is 19.1 Å². The third kappa shape index (κ3) is 3.58. The highest BCUT2D eigenvalue weighted by Gasteiger charge is 2.11. The summed E-state index contributed by atoms with van der Waals surface area (Å²) in [7, 11) is 0. The molecule has 0 heterocycles. The summed E-state index contributed by atoms with van der Waals surface area (Å²) in [4.78, 5) is 10.8. The second-order valence-corrected chi connectivity index (χ2v) is 4.98. The van der Waals surface area contributed by atoms with E-state index in [4.69, 9.17) is 11.8 Å². The molecule has 1 atom stereocenters. The van der Waals surface area contributed by atoms with Crippen LogP contribution in [0, 0.1) is 0 Å². The van der Waals surface area contributed by atoms with Crippen molar-refractivity contribution < 1.29 is 4.79 Å². The molecule has 98 valence electrons. The summed E-state index contributed by atoms with van der Waals surface area (Å²) in [5, 5.41) is 0. The van der Waals surface area contributed by atoms with E-state index in [-0.39, 0.29) is 0 Å². The average molecular weight is 274 g/mol. The van der Waals surface area contributed by atoms with Gasteiger partial charge in [0.05, 0.1) is 5.69 Å². The second kappa shape index (κ2) is 6.39. The van der Waals surface area contributed by atoms with Crippen molar-refractivity contribution in [1.29, 1.82) is 0 Å². The lowest BCUT2D eigenvalue weighted by molar-refractivity contribution is 0.112. The van der Waals surface area contributed by atoms with Gasteiger partial charge in [-0.15, -0.1) is 0 Å². The monoisotopic (exact) mass is 273 g/mol. The van der Waals surface area contributed by atoms with Gasteiger partial charge in [0.2, 0.25) is 0 Å². The molecule has 2 rings (SSSR count). The Morgan fingerprint density at radius 1 is 1.16 bits per heavy atom. The zero-order valence-electron chi connectivity index (χ0n) is 10.8. The van der Waals surface area contributed by atoms with Crippen molar-refractivity contribution in [2.24, 2.45) is 0 Å². The van der Waals surface area contributed by atoms with Crippen molar-refractivity contribution in [3.8, 4) is 0 Å². The predicted molar refractivity (Wildman–Crippen MR) is 79.9 cm³/mol. The van der Waals surface area contributed by atoms with E-state index < -0.39 is 0 Å². The van der Waals surface area contributed by atoms with E-state index in [1.807, 2.05) is 30.3 Å². The molecule has 0 saturated carbocycles. The number of nitrogens with zero attached hydrogens (tertiary/aromatic N) is 1. The fourth-order valence-electron chi connectivity index (χ4n) is 1.98. The first-order valence-electron chi connectivity index (χ1n) is 6.24. The van der Waals surface area contributed by atoms with Gasteiger partial charge in [-0.05, 0) is 17.7 Å². The zero-order chi connectivity index (χ0) is 13.7. The van der Waals surface area contributed by atoms with E-state index in [1.165, 1.54) is 5.56 Å². The smallest absolute Gasteiger partial charge is 0.150 e. The quantitative estimate of drug-likeness (QED) is 0.599. The number of aldehydes is 1. The van der Waals surface area contributed by atoms with E-state index in [0.29, 0.717) is 18.0 Å². The Morgan fingerprint density at radius 2 is 1.89 bits per heavy atom. The number of benzene rings is 2. The number of halogens is 1. The van der Waals surface area contributed by atoms with Crippen LogP contribution in [0.15, 0.2) is 54.6 Å². The molecule has 0 aromatic heterocycles. The van der Waals surface area contributed by atoms with Crippen molar-refractivity contribution in [3.05, 3.63) is 65.7 Å². The molecule has 0 N–H and O–H groups in total. The van der Waals surface area contributed by atoms with Gasteiger partial charge in [0.1, 0.15) is 6.29 Å². The van der Waals surface area contributed by atoms with Crippen LogP contribution in [-0.2, 0) is 0 Å². The number of carbonyl (C=O) groups is 1. The Hall–Kier alpha value is -1.80. The van der Waals surface area contributed by atoms with Gasteiger partial charge in [-0.25, -0.2) is 0 Å². The van der Waals surface area contributed by atoms with Crippen LogP contribution in [0.4, 0.5) is 5.69 Å². The molecular formula is C16H16ClNO. The lowest BCUT2D eigenvalue weighted by atomic mass is 10.0. The van der Waals surface area contributed by atoms with Crippen LogP contribution < -0.4 is 4.42 Å². The van der Waals surface area contributed by atoms with Crippen LogP contribution >= 0.6 is 11.8 Å². The lowest BCUT2D eigenvalue weighted by Gasteiger charge is -2.21. The highest BCUT2D eigenvalue weighted by molar-refractivity contribution is 6.25. The number of hydrogen-bond donors (Lipinski definition) is 0. The van der Waals surface area contributed by atoms with E-state index in [9.17, 15) is 4.79 Å². The number of anilines is 1. The van der Waals surface area contributed by atoms with Gasteiger partial charge in [0.25, 0.3) is 0 Å². The molecule has 1 unspecified atom stereocenters. The van der Waals surface area contributed by atoms with Crippen LogP contribution in [0.3, 0.4) is 0 Å².